The first-order valence-corrected chi connectivity index (χ1v) is 11.4. The first kappa shape index (κ1) is 20.4. The van der Waals surface area contributed by atoms with Gasteiger partial charge in [0.25, 0.3) is 0 Å². The van der Waals surface area contributed by atoms with Crippen molar-refractivity contribution in [2.24, 2.45) is 0 Å². The molecule has 0 unspecified atom stereocenters. The van der Waals surface area contributed by atoms with Gasteiger partial charge in [0.2, 0.25) is 5.91 Å². The topological polar surface area (TPSA) is 59.8 Å². The van der Waals surface area contributed by atoms with E-state index in [-0.39, 0.29) is 11.7 Å². The summed E-state index contributed by atoms with van der Waals surface area (Å²) < 4.78 is 2.01. The summed E-state index contributed by atoms with van der Waals surface area (Å²) >= 11 is 3.09. The zero-order valence-corrected chi connectivity index (χ0v) is 18.5. The second-order valence-electron chi connectivity index (χ2n) is 6.90. The summed E-state index contributed by atoms with van der Waals surface area (Å²) in [7, 11) is 0. The van der Waals surface area contributed by atoms with E-state index in [0.29, 0.717) is 11.7 Å². The van der Waals surface area contributed by atoms with Crippen LogP contribution in [0.3, 0.4) is 0 Å². The lowest BCUT2D eigenvalue weighted by Crippen LogP contribution is -2.15. The van der Waals surface area contributed by atoms with Crippen molar-refractivity contribution in [3.8, 4) is 11.4 Å². The van der Waals surface area contributed by atoms with Gasteiger partial charge in [-0.1, -0.05) is 54.2 Å². The molecule has 0 fully saturated rings. The largest absolute Gasteiger partial charge is 0.325 e. The molecule has 2 heterocycles. The lowest BCUT2D eigenvalue weighted by Gasteiger charge is -2.10. The fraction of sp³-hybridized carbons (Fsp3) is 0.174. The van der Waals surface area contributed by atoms with Crippen LogP contribution in [0.5, 0.6) is 0 Å². The Balaban J connectivity index is 1.51. The monoisotopic (exact) mass is 434 g/mol. The highest BCUT2D eigenvalue weighted by molar-refractivity contribution is 7.99. The van der Waals surface area contributed by atoms with Crippen LogP contribution in [0.1, 0.15) is 10.4 Å². The van der Waals surface area contributed by atoms with Crippen molar-refractivity contribution in [2.75, 3.05) is 11.1 Å². The molecule has 0 saturated heterocycles. The third-order valence-corrected chi connectivity index (χ3v) is 6.93. The molecule has 1 amide bonds. The SMILES string of the molecule is C=CCn1c(SCC(=O)Nc2cccc3ccccc23)nnc1-c1csc(C)c1C. The number of rotatable bonds is 7. The van der Waals surface area contributed by atoms with Gasteiger partial charge < -0.3 is 5.32 Å². The number of thioether (sulfide) groups is 1. The van der Waals surface area contributed by atoms with Crippen molar-refractivity contribution in [1.82, 2.24) is 14.8 Å². The van der Waals surface area contributed by atoms with Gasteiger partial charge in [0.1, 0.15) is 0 Å². The number of nitrogens with zero attached hydrogens (tertiary/aromatic N) is 3. The smallest absolute Gasteiger partial charge is 0.234 e. The summed E-state index contributed by atoms with van der Waals surface area (Å²) in [6, 6.07) is 13.9. The van der Waals surface area contributed by atoms with Gasteiger partial charge >= 0.3 is 0 Å². The summed E-state index contributed by atoms with van der Waals surface area (Å²) in [6.07, 6.45) is 1.82. The number of anilines is 1. The van der Waals surface area contributed by atoms with Gasteiger partial charge in [-0.25, -0.2) is 0 Å². The summed E-state index contributed by atoms with van der Waals surface area (Å²) in [4.78, 5) is 13.9. The molecule has 7 heteroatoms. The van der Waals surface area contributed by atoms with Crippen molar-refractivity contribution >= 4 is 45.5 Å². The van der Waals surface area contributed by atoms with Crippen molar-refractivity contribution in [3.63, 3.8) is 0 Å². The molecular formula is C23H22N4OS2. The minimum Gasteiger partial charge on any atom is -0.325 e. The number of fused-ring (bicyclic) bond motifs is 1. The highest BCUT2D eigenvalue weighted by Gasteiger charge is 2.18. The van der Waals surface area contributed by atoms with Gasteiger partial charge in [-0.3, -0.25) is 9.36 Å². The van der Waals surface area contributed by atoms with Crippen LogP contribution < -0.4 is 5.32 Å². The number of amides is 1. The molecule has 4 rings (SSSR count). The quantitative estimate of drug-likeness (QED) is 0.300. The molecule has 0 saturated carbocycles. The average molecular weight is 435 g/mol. The van der Waals surface area contributed by atoms with Crippen molar-refractivity contribution < 1.29 is 4.79 Å². The van der Waals surface area contributed by atoms with Gasteiger partial charge in [0.05, 0.1) is 5.75 Å². The zero-order valence-electron chi connectivity index (χ0n) is 16.9. The van der Waals surface area contributed by atoms with E-state index >= 15 is 0 Å². The lowest BCUT2D eigenvalue weighted by atomic mass is 10.1. The Morgan fingerprint density at radius 2 is 2.00 bits per heavy atom. The maximum Gasteiger partial charge on any atom is 0.234 e. The van der Waals surface area contributed by atoms with Crippen LogP contribution in [-0.2, 0) is 11.3 Å². The Morgan fingerprint density at radius 3 is 2.77 bits per heavy atom. The molecule has 4 aromatic rings. The number of hydrogen-bond donors (Lipinski definition) is 1. The zero-order chi connectivity index (χ0) is 21.1. The van der Waals surface area contributed by atoms with E-state index in [1.165, 1.54) is 22.2 Å². The van der Waals surface area contributed by atoms with Crippen LogP contribution in [0.2, 0.25) is 0 Å². The Kier molecular flexibility index (Phi) is 6.01. The number of aryl methyl sites for hydroxylation is 1. The van der Waals surface area contributed by atoms with E-state index in [1.54, 1.807) is 11.3 Å². The van der Waals surface area contributed by atoms with E-state index in [1.807, 2.05) is 53.1 Å². The molecule has 0 aliphatic carbocycles. The van der Waals surface area contributed by atoms with Crippen LogP contribution >= 0.6 is 23.1 Å². The van der Waals surface area contributed by atoms with Crippen molar-refractivity contribution in [2.45, 2.75) is 25.5 Å². The Bertz CT molecular complexity index is 1220. The Labute approximate surface area is 183 Å². The van der Waals surface area contributed by atoms with Crippen LogP contribution in [0, 0.1) is 13.8 Å². The number of aromatic nitrogens is 3. The predicted molar refractivity (Wildman–Crippen MR) is 126 cm³/mol. The number of carbonyl (C=O) groups excluding carboxylic acids is 1. The molecular weight excluding hydrogens is 412 g/mol. The molecule has 0 aliphatic heterocycles. The fourth-order valence-corrected chi connectivity index (χ4v) is 4.88. The summed E-state index contributed by atoms with van der Waals surface area (Å²) in [5, 5.41) is 16.7. The normalized spacial score (nSPS) is 11.0. The second kappa shape index (κ2) is 8.85. The molecule has 152 valence electrons. The van der Waals surface area contributed by atoms with Gasteiger partial charge in [-0.05, 0) is 30.9 Å². The number of thiophene rings is 1. The molecule has 5 nitrogen and oxygen atoms in total. The van der Waals surface area contributed by atoms with Gasteiger partial charge in [0, 0.05) is 33.4 Å². The minimum absolute atomic E-state index is 0.0754. The third kappa shape index (κ3) is 4.04. The highest BCUT2D eigenvalue weighted by Crippen LogP contribution is 2.31. The number of carbonyl (C=O) groups is 1. The van der Waals surface area contributed by atoms with Crippen molar-refractivity contribution in [1.29, 1.82) is 0 Å². The lowest BCUT2D eigenvalue weighted by molar-refractivity contribution is -0.113. The number of hydrogen-bond acceptors (Lipinski definition) is 5. The summed E-state index contributed by atoms with van der Waals surface area (Å²) in [5.74, 6) is 0.988. The van der Waals surface area contributed by atoms with Gasteiger partial charge in [0.15, 0.2) is 11.0 Å². The van der Waals surface area contributed by atoms with Crippen LogP contribution in [0.25, 0.3) is 22.2 Å². The Hall–Kier alpha value is -2.90. The fourth-order valence-electron chi connectivity index (χ4n) is 3.27. The second-order valence-corrected chi connectivity index (χ2v) is 8.93. The maximum absolute atomic E-state index is 12.6. The molecule has 0 atom stereocenters. The molecule has 0 radical (unpaired) electrons. The molecule has 0 aliphatic rings. The summed E-state index contributed by atoms with van der Waals surface area (Å²) in [5.41, 5.74) is 3.11. The predicted octanol–water partition coefficient (Wildman–Crippen LogP) is 5.69. The number of benzene rings is 2. The molecule has 0 bridgehead atoms. The van der Waals surface area contributed by atoms with E-state index < -0.39 is 0 Å². The van der Waals surface area contributed by atoms with E-state index in [0.717, 1.165) is 27.8 Å². The highest BCUT2D eigenvalue weighted by atomic mass is 32.2. The Morgan fingerprint density at radius 1 is 1.20 bits per heavy atom. The molecule has 2 aromatic heterocycles. The first-order chi connectivity index (χ1) is 14.6. The molecule has 30 heavy (non-hydrogen) atoms. The molecule has 1 N–H and O–H groups in total. The standard InChI is InChI=1S/C23H22N4OS2/c1-4-12-27-22(19-13-29-16(3)15(19)2)25-26-23(27)30-14-21(28)24-20-11-7-9-17-8-5-6-10-18(17)20/h4-11,13H,1,12,14H2,2-3H3,(H,24,28). The minimum atomic E-state index is -0.0754. The number of nitrogens with one attached hydrogen (secondary N) is 1. The average Bonchev–Trinajstić information content (AvgIpc) is 3.30. The van der Waals surface area contributed by atoms with Gasteiger partial charge in [-0.2, -0.15) is 0 Å². The van der Waals surface area contributed by atoms with Gasteiger partial charge in [-0.15, -0.1) is 28.1 Å². The third-order valence-electron chi connectivity index (χ3n) is 4.95. The van der Waals surface area contributed by atoms with E-state index in [2.05, 4.69) is 41.3 Å². The van der Waals surface area contributed by atoms with Crippen LogP contribution in [0.15, 0.2) is 65.7 Å². The number of allylic oxidation sites excluding steroid dienone is 1. The maximum atomic E-state index is 12.6. The van der Waals surface area contributed by atoms with E-state index in [4.69, 9.17) is 0 Å². The first-order valence-electron chi connectivity index (χ1n) is 9.58. The van der Waals surface area contributed by atoms with Crippen LogP contribution in [0.4, 0.5) is 5.69 Å². The van der Waals surface area contributed by atoms with Crippen LogP contribution in [-0.4, -0.2) is 26.4 Å². The molecule has 0 spiro atoms. The summed E-state index contributed by atoms with van der Waals surface area (Å²) in [6.45, 7) is 8.64. The van der Waals surface area contributed by atoms with Crippen molar-refractivity contribution in [3.05, 3.63) is 70.9 Å². The molecule has 2 aromatic carbocycles. The van der Waals surface area contributed by atoms with E-state index in [9.17, 15) is 4.79 Å².